The molecule has 0 aliphatic carbocycles. The van der Waals surface area contributed by atoms with E-state index in [2.05, 4.69) is 30.5 Å². The van der Waals surface area contributed by atoms with Crippen molar-refractivity contribution in [2.45, 2.75) is 6.92 Å². The van der Waals surface area contributed by atoms with Crippen molar-refractivity contribution in [1.29, 1.82) is 0 Å². The molecule has 112 valence electrons. The maximum Gasteiger partial charge on any atom is 0.183 e. The van der Waals surface area contributed by atoms with Gasteiger partial charge in [0.25, 0.3) is 0 Å². The summed E-state index contributed by atoms with van der Waals surface area (Å²) in [5.74, 6) is 1.72. The zero-order valence-electron chi connectivity index (χ0n) is 11.6. The van der Waals surface area contributed by atoms with Gasteiger partial charge in [0.05, 0.1) is 17.4 Å². The van der Waals surface area contributed by atoms with E-state index in [0.29, 0.717) is 38.8 Å². The summed E-state index contributed by atoms with van der Waals surface area (Å²) >= 11 is 12.0. The molecular formula is C14H12Cl2N6. The second kappa shape index (κ2) is 6.29. The molecule has 0 saturated heterocycles. The smallest absolute Gasteiger partial charge is 0.183 e. The highest BCUT2D eigenvalue weighted by Gasteiger charge is 2.12. The molecule has 2 aromatic heterocycles. The molecule has 0 aliphatic rings. The number of benzene rings is 1. The second-order valence-corrected chi connectivity index (χ2v) is 5.29. The van der Waals surface area contributed by atoms with E-state index in [1.54, 1.807) is 30.6 Å². The van der Waals surface area contributed by atoms with Crippen LogP contribution in [0.25, 0.3) is 22.9 Å². The van der Waals surface area contributed by atoms with Crippen molar-refractivity contribution in [3.8, 4) is 22.9 Å². The van der Waals surface area contributed by atoms with Gasteiger partial charge in [-0.1, -0.05) is 23.2 Å². The van der Waals surface area contributed by atoms with Gasteiger partial charge in [0.15, 0.2) is 11.6 Å². The quantitative estimate of drug-likeness (QED) is 0.760. The van der Waals surface area contributed by atoms with E-state index in [1.165, 1.54) is 0 Å². The van der Waals surface area contributed by atoms with Crippen LogP contribution < -0.4 is 5.32 Å². The van der Waals surface area contributed by atoms with Gasteiger partial charge in [-0.15, -0.1) is 0 Å². The molecular weight excluding hydrogens is 323 g/mol. The van der Waals surface area contributed by atoms with Crippen LogP contribution in [-0.4, -0.2) is 31.7 Å². The molecule has 2 heterocycles. The minimum absolute atomic E-state index is 0.481. The molecule has 3 rings (SSSR count). The molecule has 0 spiro atoms. The average Bonchev–Trinajstić information content (AvgIpc) is 2.98. The van der Waals surface area contributed by atoms with E-state index in [9.17, 15) is 0 Å². The first-order chi connectivity index (χ1) is 10.7. The van der Waals surface area contributed by atoms with Gasteiger partial charge in [0.2, 0.25) is 0 Å². The van der Waals surface area contributed by atoms with E-state index in [-0.39, 0.29) is 0 Å². The minimum Gasteiger partial charge on any atom is -0.369 e. The third-order valence-corrected chi connectivity index (χ3v) is 3.46. The van der Waals surface area contributed by atoms with Crippen LogP contribution >= 0.6 is 23.2 Å². The number of hydrogen-bond acceptors (Lipinski definition) is 5. The highest BCUT2D eigenvalue weighted by molar-refractivity contribution is 6.36. The number of aromatic amines is 1. The predicted molar refractivity (Wildman–Crippen MR) is 87.0 cm³/mol. The summed E-state index contributed by atoms with van der Waals surface area (Å²) in [6.45, 7) is 2.78. The molecule has 2 N–H and O–H groups in total. The van der Waals surface area contributed by atoms with Crippen LogP contribution in [0.3, 0.4) is 0 Å². The summed E-state index contributed by atoms with van der Waals surface area (Å²) in [7, 11) is 0. The van der Waals surface area contributed by atoms with Crippen LogP contribution in [0.4, 0.5) is 5.82 Å². The lowest BCUT2D eigenvalue weighted by Gasteiger charge is -2.01. The standard InChI is InChI=1S/C14H12Cl2N6/c1-2-17-12-7-18-11(6-19-12)14-20-13(21-22-14)9-4-3-8(15)5-10(9)16/h3-7H,2H2,1H3,(H,17,19)(H,20,21,22). The van der Waals surface area contributed by atoms with Crippen molar-refractivity contribution in [2.75, 3.05) is 11.9 Å². The number of nitrogens with zero attached hydrogens (tertiary/aromatic N) is 4. The molecule has 0 aliphatic heterocycles. The minimum atomic E-state index is 0.481. The molecule has 1 aromatic carbocycles. The lowest BCUT2D eigenvalue weighted by Crippen LogP contribution is -2.00. The fraction of sp³-hybridized carbons (Fsp3) is 0.143. The summed E-state index contributed by atoms with van der Waals surface area (Å²) in [6, 6.07) is 5.17. The van der Waals surface area contributed by atoms with Gasteiger partial charge in [-0.3, -0.25) is 5.10 Å². The molecule has 8 heteroatoms. The Hall–Kier alpha value is -2.18. The van der Waals surface area contributed by atoms with Crippen molar-refractivity contribution in [3.05, 3.63) is 40.6 Å². The summed E-state index contributed by atoms with van der Waals surface area (Å²) in [6.07, 6.45) is 3.28. The molecule has 22 heavy (non-hydrogen) atoms. The Balaban J connectivity index is 1.90. The predicted octanol–water partition coefficient (Wildman–Crippen LogP) is 3.67. The Morgan fingerprint density at radius 1 is 1.18 bits per heavy atom. The molecule has 0 radical (unpaired) electrons. The van der Waals surface area contributed by atoms with Crippen LogP contribution in [-0.2, 0) is 0 Å². The van der Waals surface area contributed by atoms with E-state index in [4.69, 9.17) is 23.2 Å². The van der Waals surface area contributed by atoms with Gasteiger partial charge >= 0.3 is 0 Å². The Labute approximate surface area is 136 Å². The Bertz CT molecular complexity index is 784. The fourth-order valence-corrected chi connectivity index (χ4v) is 2.38. The van der Waals surface area contributed by atoms with Gasteiger partial charge < -0.3 is 5.32 Å². The van der Waals surface area contributed by atoms with E-state index in [0.717, 1.165) is 6.54 Å². The molecule has 0 bridgehead atoms. The Kier molecular flexibility index (Phi) is 4.22. The van der Waals surface area contributed by atoms with E-state index in [1.807, 2.05) is 6.92 Å². The summed E-state index contributed by atoms with van der Waals surface area (Å²) in [4.78, 5) is 12.9. The first-order valence-corrected chi connectivity index (χ1v) is 7.37. The van der Waals surface area contributed by atoms with Crippen molar-refractivity contribution >= 4 is 29.0 Å². The molecule has 3 aromatic rings. The fourth-order valence-electron chi connectivity index (χ4n) is 1.89. The highest BCUT2D eigenvalue weighted by atomic mass is 35.5. The number of anilines is 1. The second-order valence-electron chi connectivity index (χ2n) is 4.45. The van der Waals surface area contributed by atoms with Crippen LogP contribution in [0.5, 0.6) is 0 Å². The Morgan fingerprint density at radius 3 is 2.73 bits per heavy atom. The highest BCUT2D eigenvalue weighted by Crippen LogP contribution is 2.28. The monoisotopic (exact) mass is 334 g/mol. The molecule has 0 atom stereocenters. The zero-order chi connectivity index (χ0) is 15.5. The van der Waals surface area contributed by atoms with Crippen molar-refractivity contribution in [3.63, 3.8) is 0 Å². The number of rotatable bonds is 4. The van der Waals surface area contributed by atoms with Gasteiger partial charge in [-0.2, -0.15) is 5.10 Å². The first-order valence-electron chi connectivity index (χ1n) is 6.61. The first kappa shape index (κ1) is 14.7. The number of hydrogen-bond donors (Lipinski definition) is 2. The summed E-state index contributed by atoms with van der Waals surface area (Å²) in [5, 5.41) is 11.1. The Morgan fingerprint density at radius 2 is 2.05 bits per heavy atom. The largest absolute Gasteiger partial charge is 0.369 e. The SMILES string of the molecule is CCNc1cnc(-c2nc(-c3ccc(Cl)cc3Cl)n[nH]2)cn1. The van der Waals surface area contributed by atoms with Crippen LogP contribution in [0.15, 0.2) is 30.6 Å². The lowest BCUT2D eigenvalue weighted by atomic mass is 10.2. The zero-order valence-corrected chi connectivity index (χ0v) is 13.2. The molecule has 0 unspecified atom stereocenters. The number of nitrogens with one attached hydrogen (secondary N) is 2. The average molecular weight is 335 g/mol. The summed E-state index contributed by atoms with van der Waals surface area (Å²) in [5.41, 5.74) is 1.30. The van der Waals surface area contributed by atoms with Gasteiger partial charge in [-0.25, -0.2) is 15.0 Å². The normalized spacial score (nSPS) is 10.7. The third kappa shape index (κ3) is 3.03. The third-order valence-electron chi connectivity index (χ3n) is 2.91. The van der Waals surface area contributed by atoms with E-state index < -0.39 is 0 Å². The molecule has 6 nitrogen and oxygen atoms in total. The maximum atomic E-state index is 6.16. The van der Waals surface area contributed by atoms with Crippen LogP contribution in [0, 0.1) is 0 Å². The van der Waals surface area contributed by atoms with Gasteiger partial charge in [-0.05, 0) is 25.1 Å². The summed E-state index contributed by atoms with van der Waals surface area (Å²) < 4.78 is 0. The number of aromatic nitrogens is 5. The lowest BCUT2D eigenvalue weighted by molar-refractivity contribution is 1.07. The molecule has 0 amide bonds. The van der Waals surface area contributed by atoms with Crippen LogP contribution in [0.1, 0.15) is 6.92 Å². The van der Waals surface area contributed by atoms with Gasteiger partial charge in [0.1, 0.15) is 11.5 Å². The maximum absolute atomic E-state index is 6.16. The number of halogens is 2. The van der Waals surface area contributed by atoms with Crippen molar-refractivity contribution in [1.82, 2.24) is 25.1 Å². The van der Waals surface area contributed by atoms with Gasteiger partial charge in [0, 0.05) is 17.1 Å². The molecule has 0 fully saturated rings. The number of H-pyrrole nitrogens is 1. The van der Waals surface area contributed by atoms with Crippen molar-refractivity contribution in [2.24, 2.45) is 0 Å². The van der Waals surface area contributed by atoms with Crippen LogP contribution in [0.2, 0.25) is 10.0 Å². The van der Waals surface area contributed by atoms with E-state index >= 15 is 0 Å². The topological polar surface area (TPSA) is 79.4 Å². The van der Waals surface area contributed by atoms with Crippen molar-refractivity contribution < 1.29 is 0 Å². The molecule has 0 saturated carbocycles.